The Balaban J connectivity index is 2.37. The van der Waals surface area contributed by atoms with Crippen molar-refractivity contribution in [1.29, 1.82) is 0 Å². The van der Waals surface area contributed by atoms with Crippen LogP contribution in [0.2, 0.25) is 5.02 Å². The number of nitrogens with zero attached hydrogens (tertiary/aromatic N) is 1. The number of methoxy groups -OCH3 is 1. The quantitative estimate of drug-likeness (QED) is 0.909. The topological polar surface area (TPSA) is 47.3 Å². The van der Waals surface area contributed by atoms with E-state index < -0.39 is 0 Å². The van der Waals surface area contributed by atoms with Gasteiger partial charge in [0.15, 0.2) is 5.76 Å². The van der Waals surface area contributed by atoms with Crippen LogP contribution in [-0.4, -0.2) is 19.1 Å². The first-order valence-electron chi connectivity index (χ1n) is 5.18. The van der Waals surface area contributed by atoms with Gasteiger partial charge in [-0.05, 0) is 25.2 Å². The van der Waals surface area contributed by atoms with Crippen molar-refractivity contribution in [2.24, 2.45) is 0 Å². The van der Waals surface area contributed by atoms with Gasteiger partial charge in [0.05, 0.1) is 25.4 Å². The molecule has 0 aliphatic heterocycles. The Kier molecular flexibility index (Phi) is 3.66. The van der Waals surface area contributed by atoms with Crippen molar-refractivity contribution < 1.29 is 9.15 Å². The second-order valence-corrected chi connectivity index (χ2v) is 3.93. The van der Waals surface area contributed by atoms with Gasteiger partial charge >= 0.3 is 0 Å². The summed E-state index contributed by atoms with van der Waals surface area (Å²) in [5, 5.41) is 3.60. The number of rotatable bonds is 4. The van der Waals surface area contributed by atoms with E-state index in [-0.39, 0.29) is 0 Å². The van der Waals surface area contributed by atoms with E-state index in [2.05, 4.69) is 10.3 Å². The molecule has 0 saturated heterocycles. The molecule has 0 aliphatic rings. The molecule has 1 aromatic carbocycles. The molecule has 2 rings (SSSR count). The maximum atomic E-state index is 5.90. The summed E-state index contributed by atoms with van der Waals surface area (Å²) in [4.78, 5) is 4.16. The minimum absolute atomic E-state index is 0.593. The number of ether oxygens (including phenoxy) is 1. The fourth-order valence-electron chi connectivity index (χ4n) is 1.54. The average molecular weight is 253 g/mol. The van der Waals surface area contributed by atoms with Gasteiger partial charge in [0.2, 0.25) is 5.89 Å². The van der Waals surface area contributed by atoms with Crippen LogP contribution >= 0.6 is 11.6 Å². The van der Waals surface area contributed by atoms with Crippen LogP contribution in [-0.2, 0) is 6.54 Å². The minimum Gasteiger partial charge on any atom is -0.496 e. The lowest BCUT2D eigenvalue weighted by Crippen LogP contribution is -2.04. The van der Waals surface area contributed by atoms with Gasteiger partial charge in [-0.2, -0.15) is 0 Å². The Hall–Kier alpha value is -1.52. The number of oxazole rings is 1. The number of nitrogens with one attached hydrogen (secondary N) is 1. The van der Waals surface area contributed by atoms with Gasteiger partial charge in [0, 0.05) is 5.02 Å². The fourth-order valence-corrected chi connectivity index (χ4v) is 1.70. The Bertz CT molecular complexity index is 511. The lowest BCUT2D eigenvalue weighted by molar-refractivity contribution is 0.413. The second kappa shape index (κ2) is 5.21. The summed E-state index contributed by atoms with van der Waals surface area (Å²) in [6.45, 7) is 0.593. The van der Waals surface area contributed by atoms with Crippen molar-refractivity contribution in [1.82, 2.24) is 10.3 Å². The number of halogens is 1. The van der Waals surface area contributed by atoms with Gasteiger partial charge < -0.3 is 14.5 Å². The van der Waals surface area contributed by atoms with Gasteiger partial charge in [-0.25, -0.2) is 4.98 Å². The van der Waals surface area contributed by atoms with Crippen LogP contribution in [0.1, 0.15) is 5.89 Å². The van der Waals surface area contributed by atoms with Gasteiger partial charge in [-0.3, -0.25) is 0 Å². The van der Waals surface area contributed by atoms with Crippen LogP contribution in [0.3, 0.4) is 0 Å². The monoisotopic (exact) mass is 252 g/mol. The van der Waals surface area contributed by atoms with Crippen molar-refractivity contribution in [3.05, 3.63) is 35.3 Å². The van der Waals surface area contributed by atoms with E-state index in [4.69, 9.17) is 20.8 Å². The van der Waals surface area contributed by atoms with E-state index in [0.29, 0.717) is 29.0 Å². The predicted molar refractivity (Wildman–Crippen MR) is 66.3 cm³/mol. The highest BCUT2D eigenvalue weighted by atomic mass is 35.5. The summed E-state index contributed by atoms with van der Waals surface area (Å²) >= 11 is 5.90. The highest BCUT2D eigenvalue weighted by molar-refractivity contribution is 6.30. The first-order valence-corrected chi connectivity index (χ1v) is 5.55. The van der Waals surface area contributed by atoms with Crippen LogP contribution in [0.5, 0.6) is 5.75 Å². The molecule has 5 heteroatoms. The molecule has 2 aromatic rings. The summed E-state index contributed by atoms with van der Waals surface area (Å²) in [6.07, 6.45) is 1.68. The molecule has 1 heterocycles. The molecular formula is C12H13ClN2O2. The van der Waals surface area contributed by atoms with E-state index >= 15 is 0 Å². The Morgan fingerprint density at radius 1 is 1.47 bits per heavy atom. The predicted octanol–water partition coefficient (Wildman–Crippen LogP) is 2.72. The van der Waals surface area contributed by atoms with Crippen LogP contribution in [0.25, 0.3) is 11.3 Å². The highest BCUT2D eigenvalue weighted by Gasteiger charge is 2.11. The van der Waals surface area contributed by atoms with E-state index in [1.54, 1.807) is 25.4 Å². The van der Waals surface area contributed by atoms with Crippen LogP contribution in [0.15, 0.2) is 28.8 Å². The molecule has 0 atom stereocenters. The lowest BCUT2D eigenvalue weighted by atomic mass is 10.1. The zero-order valence-electron chi connectivity index (χ0n) is 9.66. The molecule has 4 nitrogen and oxygen atoms in total. The van der Waals surface area contributed by atoms with Crippen LogP contribution in [0, 0.1) is 0 Å². The fraction of sp³-hybridized carbons (Fsp3) is 0.250. The normalized spacial score (nSPS) is 10.5. The van der Waals surface area contributed by atoms with Crippen molar-refractivity contribution in [2.45, 2.75) is 6.54 Å². The summed E-state index contributed by atoms with van der Waals surface area (Å²) < 4.78 is 10.9. The molecular weight excluding hydrogens is 240 g/mol. The maximum absolute atomic E-state index is 5.90. The second-order valence-electron chi connectivity index (χ2n) is 3.49. The Morgan fingerprint density at radius 2 is 2.29 bits per heavy atom. The smallest absolute Gasteiger partial charge is 0.208 e. The summed E-state index contributed by atoms with van der Waals surface area (Å²) in [7, 11) is 3.44. The van der Waals surface area contributed by atoms with Crippen molar-refractivity contribution in [2.75, 3.05) is 14.2 Å². The molecule has 0 amide bonds. The molecule has 0 spiro atoms. The molecule has 0 saturated carbocycles. The standard InChI is InChI=1S/C12H13ClN2O2/c1-14-7-12-15-6-11(17-12)9-4-3-8(13)5-10(9)16-2/h3-6,14H,7H2,1-2H3. The molecule has 17 heavy (non-hydrogen) atoms. The third-order valence-electron chi connectivity index (χ3n) is 2.31. The zero-order chi connectivity index (χ0) is 12.3. The molecule has 90 valence electrons. The Morgan fingerprint density at radius 3 is 3.00 bits per heavy atom. The zero-order valence-corrected chi connectivity index (χ0v) is 10.4. The summed E-state index contributed by atoms with van der Waals surface area (Å²) in [5.41, 5.74) is 0.840. The Labute approximate surface area is 105 Å². The number of hydrogen-bond donors (Lipinski definition) is 1. The number of hydrogen-bond acceptors (Lipinski definition) is 4. The molecule has 0 aliphatic carbocycles. The first kappa shape index (κ1) is 12.0. The lowest BCUT2D eigenvalue weighted by Gasteiger charge is -2.05. The molecule has 1 aromatic heterocycles. The molecule has 0 bridgehead atoms. The highest BCUT2D eigenvalue weighted by Crippen LogP contribution is 2.32. The maximum Gasteiger partial charge on any atom is 0.208 e. The van der Waals surface area contributed by atoms with Gasteiger partial charge in [-0.1, -0.05) is 11.6 Å². The largest absolute Gasteiger partial charge is 0.496 e. The summed E-state index contributed by atoms with van der Waals surface area (Å²) in [6, 6.07) is 5.39. The molecule has 0 radical (unpaired) electrons. The van der Waals surface area contributed by atoms with Gasteiger partial charge in [-0.15, -0.1) is 0 Å². The third-order valence-corrected chi connectivity index (χ3v) is 2.55. The van der Waals surface area contributed by atoms with Crippen LogP contribution in [0.4, 0.5) is 0 Å². The average Bonchev–Trinajstić information content (AvgIpc) is 2.78. The van der Waals surface area contributed by atoms with Crippen LogP contribution < -0.4 is 10.1 Å². The number of aromatic nitrogens is 1. The van der Waals surface area contributed by atoms with Crippen molar-refractivity contribution in [3.8, 4) is 17.1 Å². The van der Waals surface area contributed by atoms with Crippen molar-refractivity contribution in [3.63, 3.8) is 0 Å². The molecule has 0 fully saturated rings. The van der Waals surface area contributed by atoms with E-state index in [9.17, 15) is 0 Å². The van der Waals surface area contributed by atoms with E-state index in [0.717, 1.165) is 5.56 Å². The van der Waals surface area contributed by atoms with Crippen molar-refractivity contribution >= 4 is 11.6 Å². The van der Waals surface area contributed by atoms with E-state index in [1.165, 1.54) is 0 Å². The minimum atomic E-state index is 0.593. The van der Waals surface area contributed by atoms with Gasteiger partial charge in [0.25, 0.3) is 0 Å². The van der Waals surface area contributed by atoms with E-state index in [1.807, 2.05) is 13.1 Å². The molecule has 1 N–H and O–H groups in total. The first-order chi connectivity index (χ1) is 8.24. The third kappa shape index (κ3) is 2.60. The molecule has 0 unspecified atom stereocenters. The van der Waals surface area contributed by atoms with Gasteiger partial charge in [0.1, 0.15) is 5.75 Å². The summed E-state index contributed by atoms with van der Waals surface area (Å²) in [5.74, 6) is 1.98. The SMILES string of the molecule is CNCc1ncc(-c2ccc(Cl)cc2OC)o1. The number of benzene rings is 1.